The Balaban J connectivity index is 1.22. The molecule has 0 atom stereocenters. The predicted molar refractivity (Wildman–Crippen MR) is 221 cm³/mol. The molecule has 7 rings (SSSR count). The van der Waals surface area contributed by atoms with Crippen LogP contribution >= 0.6 is 0 Å². The van der Waals surface area contributed by atoms with Gasteiger partial charge in [0.2, 0.25) is 11.5 Å². The number of ether oxygens (including phenoxy) is 6. The second kappa shape index (κ2) is 16.2. The third-order valence-corrected chi connectivity index (χ3v) is 9.59. The van der Waals surface area contributed by atoms with Gasteiger partial charge < -0.3 is 39.1 Å². The number of hydrogen-bond acceptors (Lipinski definition) is 10. The van der Waals surface area contributed by atoms with Gasteiger partial charge in [0.1, 0.15) is 0 Å². The summed E-state index contributed by atoms with van der Waals surface area (Å²) < 4.78 is 33.3. The van der Waals surface area contributed by atoms with Crippen LogP contribution < -0.4 is 39.1 Å². The van der Waals surface area contributed by atoms with Gasteiger partial charge in [-0.2, -0.15) is 0 Å². The summed E-state index contributed by atoms with van der Waals surface area (Å²) in [6.07, 6.45) is 0. The van der Waals surface area contributed by atoms with Crippen molar-refractivity contribution in [2.75, 3.05) is 53.3 Å². The number of carbonyl (C=O) groups is 2. The van der Waals surface area contributed by atoms with Crippen LogP contribution in [0.5, 0.6) is 34.5 Å². The van der Waals surface area contributed by atoms with Crippen molar-refractivity contribution >= 4 is 45.0 Å². The summed E-state index contributed by atoms with van der Waals surface area (Å²) in [7, 11) is 9.24. The number of hydrogen-bond donors (Lipinski definition) is 2. The first kappa shape index (κ1) is 38.0. The Hall–Kier alpha value is -7.34. The van der Waals surface area contributed by atoms with Crippen LogP contribution in [0, 0.1) is 6.92 Å². The number of rotatable bonds is 12. The summed E-state index contributed by atoms with van der Waals surface area (Å²) in [6.45, 7) is 1.88. The smallest absolute Gasteiger partial charge is 0.256 e. The van der Waals surface area contributed by atoms with Crippen LogP contribution in [0.2, 0.25) is 0 Å². The van der Waals surface area contributed by atoms with E-state index in [0.717, 1.165) is 5.56 Å². The molecule has 0 aliphatic heterocycles. The van der Waals surface area contributed by atoms with Crippen LogP contribution in [0.15, 0.2) is 103 Å². The molecule has 0 radical (unpaired) electrons. The molecule has 0 saturated heterocycles. The minimum atomic E-state index is -0.362. The molecule has 0 spiro atoms. The molecule has 2 aromatic heterocycles. The summed E-state index contributed by atoms with van der Waals surface area (Å²) in [6, 6.07) is 30.8. The normalized spacial score (nSPS) is 10.9. The quantitative estimate of drug-likeness (QED) is 0.124. The van der Waals surface area contributed by atoms with Crippen molar-refractivity contribution in [3.05, 3.63) is 120 Å². The maximum atomic E-state index is 14.2. The van der Waals surface area contributed by atoms with Crippen molar-refractivity contribution in [2.24, 2.45) is 0 Å². The number of amides is 2. The third-order valence-electron chi connectivity index (χ3n) is 9.59. The van der Waals surface area contributed by atoms with Crippen LogP contribution in [0.3, 0.4) is 0 Å². The number of nitrogens with one attached hydrogen (secondary N) is 2. The molecule has 57 heavy (non-hydrogen) atoms. The van der Waals surface area contributed by atoms with Crippen LogP contribution in [0.25, 0.3) is 44.3 Å². The fourth-order valence-electron chi connectivity index (χ4n) is 6.70. The number of anilines is 2. The van der Waals surface area contributed by atoms with Gasteiger partial charge in [-0.15, -0.1) is 0 Å². The van der Waals surface area contributed by atoms with Gasteiger partial charge in [-0.3, -0.25) is 9.59 Å². The zero-order valence-electron chi connectivity index (χ0n) is 32.5. The first-order valence-electron chi connectivity index (χ1n) is 17.8. The lowest BCUT2D eigenvalue weighted by molar-refractivity contribution is 0.102. The second-order valence-corrected chi connectivity index (χ2v) is 12.9. The number of carbonyl (C=O) groups excluding carboxylic acids is 2. The predicted octanol–water partition coefficient (Wildman–Crippen LogP) is 8.98. The maximum Gasteiger partial charge on any atom is 0.256 e. The molecule has 0 fully saturated rings. The zero-order chi connectivity index (χ0) is 40.2. The zero-order valence-corrected chi connectivity index (χ0v) is 32.5. The maximum absolute atomic E-state index is 14.2. The van der Waals surface area contributed by atoms with Crippen molar-refractivity contribution < 1.29 is 38.0 Å². The summed E-state index contributed by atoms with van der Waals surface area (Å²) in [5.74, 6) is 2.00. The van der Waals surface area contributed by atoms with Crippen molar-refractivity contribution in [3.63, 3.8) is 0 Å². The van der Waals surface area contributed by atoms with E-state index in [-0.39, 0.29) is 11.8 Å². The summed E-state index contributed by atoms with van der Waals surface area (Å²) in [4.78, 5) is 38.0. The van der Waals surface area contributed by atoms with Gasteiger partial charge in [0.05, 0.1) is 76.2 Å². The van der Waals surface area contributed by atoms with E-state index in [1.807, 2.05) is 61.5 Å². The SMILES string of the molecule is COc1cc(-c2cc(C(=O)Nc3ccc(C)c(NC(=O)c4cc(-c5cc(OC)c(OC)c(OC)c5)nc5ccccc45)c3)c3ccccc3n2)cc(OC)c1OC. The van der Waals surface area contributed by atoms with E-state index in [2.05, 4.69) is 10.6 Å². The standard InChI is InChI=1S/C45H40N4O8/c1-25-16-17-28(46-44(50)31-23-36(47-33-14-10-8-12-29(31)33)26-18-38(52-2)42(56-6)39(19-26)53-3)22-35(25)49-45(51)32-24-37(48-34-15-11-9-13-30(32)34)27-20-40(54-4)43(57-7)41(21-27)55-5/h8-24H,1-7H3,(H,46,50)(H,49,51). The molecule has 2 N–H and O–H groups in total. The largest absolute Gasteiger partial charge is 0.493 e. The summed E-state index contributed by atoms with van der Waals surface area (Å²) in [5.41, 5.74) is 6.26. The molecule has 12 nitrogen and oxygen atoms in total. The highest BCUT2D eigenvalue weighted by Crippen LogP contribution is 2.43. The first-order valence-corrected chi connectivity index (χ1v) is 17.8. The number of pyridine rings is 2. The van der Waals surface area contributed by atoms with E-state index in [0.29, 0.717) is 101 Å². The van der Waals surface area contributed by atoms with E-state index in [9.17, 15) is 9.59 Å². The molecule has 0 saturated carbocycles. The van der Waals surface area contributed by atoms with Gasteiger partial charge in [0.15, 0.2) is 23.0 Å². The Bertz CT molecular complexity index is 2630. The molecule has 0 bridgehead atoms. The van der Waals surface area contributed by atoms with E-state index in [4.69, 9.17) is 38.4 Å². The Morgan fingerprint density at radius 3 is 1.33 bits per heavy atom. The van der Waals surface area contributed by atoms with E-state index < -0.39 is 0 Å². The monoisotopic (exact) mass is 764 g/mol. The minimum Gasteiger partial charge on any atom is -0.493 e. The van der Waals surface area contributed by atoms with Gasteiger partial charge in [-0.25, -0.2) is 9.97 Å². The van der Waals surface area contributed by atoms with Crippen molar-refractivity contribution in [3.8, 4) is 57.0 Å². The van der Waals surface area contributed by atoms with Gasteiger partial charge in [0, 0.05) is 33.3 Å². The van der Waals surface area contributed by atoms with Crippen LogP contribution in [-0.2, 0) is 0 Å². The van der Waals surface area contributed by atoms with Crippen molar-refractivity contribution in [2.45, 2.75) is 6.92 Å². The van der Waals surface area contributed by atoms with Crippen LogP contribution in [0.1, 0.15) is 26.3 Å². The summed E-state index contributed by atoms with van der Waals surface area (Å²) in [5, 5.41) is 7.44. The van der Waals surface area contributed by atoms with Gasteiger partial charge in [-0.05, 0) is 73.2 Å². The van der Waals surface area contributed by atoms with Gasteiger partial charge in [0.25, 0.3) is 11.8 Å². The Labute approximate surface area is 329 Å². The molecular formula is C45H40N4O8. The number of aryl methyl sites for hydroxylation is 1. The first-order chi connectivity index (χ1) is 27.7. The topological polar surface area (TPSA) is 139 Å². The lowest BCUT2D eigenvalue weighted by Crippen LogP contribution is -2.16. The minimum absolute atomic E-state index is 0.357. The lowest BCUT2D eigenvalue weighted by Gasteiger charge is -2.16. The van der Waals surface area contributed by atoms with Crippen molar-refractivity contribution in [1.82, 2.24) is 9.97 Å². The molecular weight excluding hydrogens is 725 g/mol. The summed E-state index contributed by atoms with van der Waals surface area (Å²) >= 11 is 0. The fourth-order valence-corrected chi connectivity index (χ4v) is 6.70. The second-order valence-electron chi connectivity index (χ2n) is 12.9. The number of methoxy groups -OCH3 is 6. The molecule has 2 heterocycles. The van der Waals surface area contributed by atoms with Gasteiger partial charge >= 0.3 is 0 Å². The number of benzene rings is 5. The van der Waals surface area contributed by atoms with E-state index in [1.165, 1.54) is 14.2 Å². The van der Waals surface area contributed by atoms with Crippen molar-refractivity contribution in [1.29, 1.82) is 0 Å². The number of fused-ring (bicyclic) bond motifs is 2. The van der Waals surface area contributed by atoms with Crippen LogP contribution in [0.4, 0.5) is 11.4 Å². The van der Waals surface area contributed by atoms with E-state index in [1.54, 1.807) is 77.0 Å². The molecule has 0 unspecified atom stereocenters. The average molecular weight is 765 g/mol. The highest BCUT2D eigenvalue weighted by molar-refractivity contribution is 6.15. The third kappa shape index (κ3) is 7.40. The molecule has 0 aliphatic rings. The number of para-hydroxylation sites is 2. The Morgan fingerprint density at radius 2 is 0.912 bits per heavy atom. The fraction of sp³-hybridized carbons (Fsp3) is 0.156. The number of aromatic nitrogens is 2. The average Bonchev–Trinajstić information content (AvgIpc) is 3.25. The molecule has 12 heteroatoms. The van der Waals surface area contributed by atoms with Crippen LogP contribution in [-0.4, -0.2) is 64.4 Å². The highest BCUT2D eigenvalue weighted by atomic mass is 16.5. The molecule has 288 valence electrons. The highest BCUT2D eigenvalue weighted by Gasteiger charge is 2.21. The van der Waals surface area contributed by atoms with E-state index >= 15 is 0 Å². The Kier molecular flexibility index (Phi) is 10.8. The van der Waals surface area contributed by atoms with Gasteiger partial charge in [-0.1, -0.05) is 42.5 Å². The molecule has 5 aromatic carbocycles. The molecule has 7 aromatic rings. The Morgan fingerprint density at radius 1 is 0.491 bits per heavy atom. The lowest BCUT2D eigenvalue weighted by atomic mass is 10.0. The molecule has 0 aliphatic carbocycles. The number of nitrogens with zero attached hydrogens (tertiary/aromatic N) is 2. The molecule has 2 amide bonds.